The van der Waals surface area contributed by atoms with Crippen molar-refractivity contribution in [2.24, 2.45) is 4.99 Å². The summed E-state index contributed by atoms with van der Waals surface area (Å²) >= 11 is 0. The van der Waals surface area contributed by atoms with Gasteiger partial charge in [-0.1, -0.05) is 24.3 Å². The molecule has 7 heteroatoms. The van der Waals surface area contributed by atoms with E-state index in [0.29, 0.717) is 19.3 Å². The highest BCUT2D eigenvalue weighted by Gasteiger charge is 2.20. The zero-order chi connectivity index (χ0) is 22.8. The molecule has 6 nitrogen and oxygen atoms in total. The molecule has 1 rings (SSSR count). The highest BCUT2D eigenvalue weighted by molar-refractivity contribution is 6.00. The lowest BCUT2D eigenvalue weighted by molar-refractivity contribution is 0.0561. The molecule has 0 aromatic heterocycles. The maximum absolute atomic E-state index is 12.3. The molecule has 0 fully saturated rings. The van der Waals surface area contributed by atoms with Crippen LogP contribution in [-0.2, 0) is 22.3 Å². The molecule has 0 bridgehead atoms. The second-order valence-corrected chi connectivity index (χ2v) is 9.13. The third-order valence-corrected chi connectivity index (χ3v) is 3.77. The molecule has 0 aliphatic rings. The van der Waals surface area contributed by atoms with Crippen LogP contribution in [0.3, 0.4) is 0 Å². The summed E-state index contributed by atoms with van der Waals surface area (Å²) in [6.45, 7) is 10.2. The number of halogens is 1. The lowest BCUT2D eigenvalue weighted by atomic mass is 10.0. The normalized spacial score (nSPS) is 12.4. The summed E-state index contributed by atoms with van der Waals surface area (Å²) in [5, 5.41) is 2.56. The Morgan fingerprint density at radius 1 is 0.900 bits per heavy atom. The smallest absolute Gasteiger partial charge is 0.435 e. The lowest BCUT2D eigenvalue weighted by Crippen LogP contribution is -2.37. The fourth-order valence-corrected chi connectivity index (χ4v) is 2.57. The van der Waals surface area contributed by atoms with Crippen LogP contribution in [0, 0.1) is 0 Å². The molecule has 0 aliphatic carbocycles. The van der Waals surface area contributed by atoms with Crippen LogP contribution >= 0.6 is 0 Å². The molecular weight excluding hydrogens is 387 g/mol. The van der Waals surface area contributed by atoms with Crippen LogP contribution in [0.5, 0.6) is 0 Å². The monoisotopic (exact) mass is 422 g/mol. The van der Waals surface area contributed by atoms with Gasteiger partial charge in [-0.2, -0.15) is 4.99 Å². The molecule has 0 atom stereocenters. The first kappa shape index (κ1) is 25.6. The number of alkyl halides is 1. The van der Waals surface area contributed by atoms with Crippen LogP contribution in [0.15, 0.2) is 29.3 Å². The molecule has 0 aliphatic heterocycles. The van der Waals surface area contributed by atoms with E-state index in [1.165, 1.54) is 0 Å². The van der Waals surface area contributed by atoms with Crippen molar-refractivity contribution in [2.45, 2.75) is 84.8 Å². The van der Waals surface area contributed by atoms with Gasteiger partial charge in [0.05, 0.1) is 6.67 Å². The summed E-state index contributed by atoms with van der Waals surface area (Å²) in [6.07, 6.45) is 1.62. The molecule has 1 aromatic carbocycles. The Labute approximate surface area is 179 Å². The summed E-state index contributed by atoms with van der Waals surface area (Å²) in [5.74, 6) is 0.207. The van der Waals surface area contributed by atoms with Gasteiger partial charge in [-0.3, -0.25) is 9.71 Å². The van der Waals surface area contributed by atoms with Gasteiger partial charge in [0.2, 0.25) is 0 Å². The molecule has 0 radical (unpaired) electrons. The maximum Gasteiger partial charge on any atom is 0.435 e. The highest BCUT2D eigenvalue weighted by Crippen LogP contribution is 2.12. The Hall–Kier alpha value is -2.44. The SMILES string of the molecule is CC(C)(C)OC(=O)N=C(CCCc1ccc(CCCF)cc1)NC(=O)OC(C)(C)C. The van der Waals surface area contributed by atoms with Gasteiger partial charge < -0.3 is 9.47 Å². The molecule has 30 heavy (non-hydrogen) atoms. The quantitative estimate of drug-likeness (QED) is 0.447. The average molecular weight is 423 g/mol. The predicted molar refractivity (Wildman–Crippen MR) is 117 cm³/mol. The van der Waals surface area contributed by atoms with Crippen molar-refractivity contribution >= 4 is 18.0 Å². The summed E-state index contributed by atoms with van der Waals surface area (Å²) in [5.41, 5.74) is 0.884. The average Bonchev–Trinajstić information content (AvgIpc) is 2.57. The number of carbonyl (C=O) groups is 2. The Morgan fingerprint density at radius 2 is 1.40 bits per heavy atom. The minimum atomic E-state index is -0.759. The molecular formula is C23H35FN2O4. The van der Waals surface area contributed by atoms with Crippen molar-refractivity contribution in [1.82, 2.24) is 5.32 Å². The number of hydrogen-bond acceptors (Lipinski definition) is 4. The Balaban J connectivity index is 2.72. The number of nitrogens with one attached hydrogen (secondary N) is 1. The fraction of sp³-hybridized carbons (Fsp3) is 0.609. The van der Waals surface area contributed by atoms with Crippen LogP contribution in [0.25, 0.3) is 0 Å². The summed E-state index contributed by atoms with van der Waals surface area (Å²) in [4.78, 5) is 28.1. The zero-order valence-corrected chi connectivity index (χ0v) is 19.0. The van der Waals surface area contributed by atoms with Crippen molar-refractivity contribution < 1.29 is 23.5 Å². The number of aliphatic imine (C=N–C) groups is 1. The second kappa shape index (κ2) is 11.7. The fourth-order valence-electron chi connectivity index (χ4n) is 2.57. The Kier molecular flexibility index (Phi) is 9.96. The van der Waals surface area contributed by atoms with Gasteiger partial charge >= 0.3 is 12.2 Å². The number of rotatable bonds is 7. The Bertz CT molecular complexity index is 716. The topological polar surface area (TPSA) is 77.0 Å². The first-order valence-corrected chi connectivity index (χ1v) is 10.3. The first-order valence-electron chi connectivity index (χ1n) is 10.3. The number of benzene rings is 1. The molecule has 0 saturated heterocycles. The Morgan fingerprint density at radius 3 is 1.87 bits per heavy atom. The molecule has 168 valence electrons. The van der Waals surface area contributed by atoms with Gasteiger partial charge in [0.15, 0.2) is 0 Å². The largest absolute Gasteiger partial charge is 0.444 e. The molecule has 0 saturated carbocycles. The van der Waals surface area contributed by atoms with Crippen LogP contribution < -0.4 is 5.32 Å². The van der Waals surface area contributed by atoms with E-state index < -0.39 is 23.4 Å². The molecule has 0 spiro atoms. The van der Waals surface area contributed by atoms with Gasteiger partial charge in [-0.15, -0.1) is 0 Å². The van der Waals surface area contributed by atoms with Crippen LogP contribution in [0.2, 0.25) is 0 Å². The van der Waals surface area contributed by atoms with E-state index in [0.717, 1.165) is 24.0 Å². The van der Waals surface area contributed by atoms with Crippen LogP contribution in [0.4, 0.5) is 14.0 Å². The number of carbonyl (C=O) groups excluding carboxylic acids is 2. The van der Waals surface area contributed by atoms with Gasteiger partial charge in [0.1, 0.15) is 17.0 Å². The third-order valence-electron chi connectivity index (χ3n) is 3.77. The number of aryl methyl sites for hydroxylation is 2. The molecule has 2 amide bonds. The van der Waals surface area contributed by atoms with Crippen molar-refractivity contribution in [2.75, 3.05) is 6.67 Å². The van der Waals surface area contributed by atoms with Crippen molar-refractivity contribution in [3.05, 3.63) is 35.4 Å². The van der Waals surface area contributed by atoms with E-state index in [1.807, 2.05) is 24.3 Å². The molecule has 0 unspecified atom stereocenters. The van der Waals surface area contributed by atoms with Crippen molar-refractivity contribution in [3.63, 3.8) is 0 Å². The van der Waals surface area contributed by atoms with E-state index in [9.17, 15) is 14.0 Å². The minimum absolute atomic E-state index is 0.207. The van der Waals surface area contributed by atoms with Crippen molar-refractivity contribution in [1.29, 1.82) is 0 Å². The molecule has 1 aromatic rings. The zero-order valence-electron chi connectivity index (χ0n) is 19.0. The highest BCUT2D eigenvalue weighted by atomic mass is 19.1. The lowest BCUT2D eigenvalue weighted by Gasteiger charge is -2.20. The number of alkyl carbamates (subject to hydrolysis) is 1. The van der Waals surface area contributed by atoms with Gasteiger partial charge in [0.25, 0.3) is 0 Å². The minimum Gasteiger partial charge on any atom is -0.444 e. The van der Waals surface area contributed by atoms with Gasteiger partial charge in [0, 0.05) is 6.42 Å². The first-order chi connectivity index (χ1) is 13.9. The van der Waals surface area contributed by atoms with E-state index in [1.54, 1.807) is 41.5 Å². The third kappa shape index (κ3) is 12.2. The van der Waals surface area contributed by atoms with Gasteiger partial charge in [-0.25, -0.2) is 9.59 Å². The van der Waals surface area contributed by atoms with Crippen molar-refractivity contribution in [3.8, 4) is 0 Å². The number of nitrogens with zero attached hydrogens (tertiary/aromatic N) is 1. The number of hydrogen-bond donors (Lipinski definition) is 1. The van der Waals surface area contributed by atoms with E-state index in [4.69, 9.17) is 9.47 Å². The van der Waals surface area contributed by atoms with Gasteiger partial charge in [-0.05, 0) is 78.4 Å². The number of ether oxygens (including phenoxy) is 2. The summed E-state index contributed by atoms with van der Waals surface area (Å²) < 4.78 is 22.7. The van der Waals surface area contributed by atoms with Crippen LogP contribution in [-0.4, -0.2) is 35.9 Å². The number of amides is 2. The molecule has 1 N–H and O–H groups in total. The van der Waals surface area contributed by atoms with E-state index in [2.05, 4.69) is 10.3 Å². The molecule has 0 heterocycles. The van der Waals surface area contributed by atoms with Crippen LogP contribution in [0.1, 0.15) is 71.9 Å². The van der Waals surface area contributed by atoms with E-state index >= 15 is 0 Å². The standard InChI is InChI=1S/C23H35FN2O4/c1-22(2,3)29-20(27)25-19(26-21(28)30-23(4,5)6)11-7-9-17-12-14-18(15-13-17)10-8-16-24/h12-15H,7-11,16H2,1-6H3,(H,25,26,27,28). The van der Waals surface area contributed by atoms with E-state index in [-0.39, 0.29) is 12.5 Å². The maximum atomic E-state index is 12.3. The summed E-state index contributed by atoms with van der Waals surface area (Å²) in [6, 6.07) is 8.03. The predicted octanol–water partition coefficient (Wildman–Crippen LogP) is 5.77. The second-order valence-electron chi connectivity index (χ2n) is 9.13. The number of amidine groups is 1. The summed E-state index contributed by atoms with van der Waals surface area (Å²) in [7, 11) is 0.